The van der Waals surface area contributed by atoms with Gasteiger partial charge in [-0.05, 0) is 25.0 Å². The molecular formula is C7H11BFNO. The van der Waals surface area contributed by atoms with Crippen LogP contribution in [0.25, 0.3) is 0 Å². The van der Waals surface area contributed by atoms with Crippen molar-refractivity contribution in [1.82, 2.24) is 4.81 Å². The summed E-state index contributed by atoms with van der Waals surface area (Å²) in [7, 11) is 5.47. The highest BCUT2D eigenvalue weighted by Gasteiger charge is 2.13. The molecule has 0 atom stereocenters. The number of piperidine rings is 1. The standard InChI is InChI=1S/C7H11BFNO/c8-10-3-1-2-6(4-10)7(9)5-11/h11H,1-5H2/b7-6+. The van der Waals surface area contributed by atoms with Crippen LogP contribution in [-0.4, -0.2) is 37.6 Å². The van der Waals surface area contributed by atoms with Gasteiger partial charge in [-0.2, -0.15) is 0 Å². The van der Waals surface area contributed by atoms with E-state index in [1.54, 1.807) is 4.81 Å². The van der Waals surface area contributed by atoms with Crippen LogP contribution in [0.2, 0.25) is 0 Å². The molecule has 1 fully saturated rings. The van der Waals surface area contributed by atoms with Crippen molar-refractivity contribution >= 4 is 7.98 Å². The molecule has 2 nitrogen and oxygen atoms in total. The van der Waals surface area contributed by atoms with Crippen LogP contribution in [0.5, 0.6) is 0 Å². The van der Waals surface area contributed by atoms with E-state index in [-0.39, 0.29) is 0 Å². The van der Waals surface area contributed by atoms with Gasteiger partial charge >= 0.3 is 0 Å². The average Bonchev–Trinajstić information content (AvgIpc) is 2.03. The number of aliphatic hydroxyl groups excluding tert-OH is 1. The minimum Gasteiger partial charge on any atom is -0.389 e. The van der Waals surface area contributed by atoms with Crippen LogP contribution in [0.15, 0.2) is 11.4 Å². The normalized spacial score (nSPS) is 25.3. The number of nitrogens with zero attached hydrogens (tertiary/aromatic N) is 1. The Morgan fingerprint density at radius 3 is 3.00 bits per heavy atom. The van der Waals surface area contributed by atoms with E-state index in [1.165, 1.54) is 0 Å². The zero-order valence-electron chi connectivity index (χ0n) is 6.39. The molecule has 0 unspecified atom stereocenters. The molecule has 0 aromatic heterocycles. The lowest BCUT2D eigenvalue weighted by atomic mass is 10.0. The summed E-state index contributed by atoms with van der Waals surface area (Å²) in [6, 6.07) is 0. The van der Waals surface area contributed by atoms with Gasteiger partial charge in [0, 0.05) is 6.54 Å². The van der Waals surface area contributed by atoms with E-state index in [4.69, 9.17) is 13.1 Å². The third-order valence-electron chi connectivity index (χ3n) is 1.84. The molecule has 0 saturated carbocycles. The Labute approximate surface area is 67.1 Å². The lowest BCUT2D eigenvalue weighted by Gasteiger charge is -2.25. The van der Waals surface area contributed by atoms with Gasteiger partial charge in [-0.3, -0.25) is 0 Å². The van der Waals surface area contributed by atoms with Crippen LogP contribution < -0.4 is 0 Å². The maximum Gasteiger partial charge on any atom is 0.182 e. The second-order valence-corrected chi connectivity index (χ2v) is 2.74. The quantitative estimate of drug-likeness (QED) is 0.553. The average molecular weight is 155 g/mol. The fourth-order valence-corrected chi connectivity index (χ4v) is 1.23. The third kappa shape index (κ3) is 2.31. The van der Waals surface area contributed by atoms with Crippen LogP contribution >= 0.6 is 0 Å². The molecule has 1 heterocycles. The van der Waals surface area contributed by atoms with Crippen LogP contribution in [-0.2, 0) is 0 Å². The van der Waals surface area contributed by atoms with Gasteiger partial charge < -0.3 is 9.92 Å². The largest absolute Gasteiger partial charge is 0.389 e. The molecule has 0 bridgehead atoms. The fourth-order valence-electron chi connectivity index (χ4n) is 1.23. The van der Waals surface area contributed by atoms with Crippen molar-refractivity contribution in [2.75, 3.05) is 19.7 Å². The van der Waals surface area contributed by atoms with E-state index in [1.807, 2.05) is 0 Å². The number of hydrogen-bond acceptors (Lipinski definition) is 2. The van der Waals surface area contributed by atoms with Crippen molar-refractivity contribution in [1.29, 1.82) is 0 Å². The van der Waals surface area contributed by atoms with Crippen molar-refractivity contribution < 1.29 is 9.50 Å². The molecule has 2 radical (unpaired) electrons. The lowest BCUT2D eigenvalue weighted by Crippen LogP contribution is -2.29. The highest BCUT2D eigenvalue weighted by molar-refractivity contribution is 6.04. The number of aliphatic hydroxyl groups is 1. The Hall–Kier alpha value is -0.345. The Kier molecular flexibility index (Phi) is 3.08. The molecule has 1 rings (SSSR count). The second-order valence-electron chi connectivity index (χ2n) is 2.74. The lowest BCUT2D eigenvalue weighted by molar-refractivity contribution is 0.289. The van der Waals surface area contributed by atoms with Gasteiger partial charge in [0.2, 0.25) is 0 Å². The van der Waals surface area contributed by atoms with Gasteiger partial charge in [0.05, 0.1) is 6.61 Å². The smallest absolute Gasteiger partial charge is 0.182 e. The number of halogens is 1. The molecule has 60 valence electrons. The minimum absolute atomic E-state index is 0.417. The first-order valence-corrected chi connectivity index (χ1v) is 3.71. The predicted octanol–water partition coefficient (Wildman–Crippen LogP) is 0.382. The molecule has 1 saturated heterocycles. The van der Waals surface area contributed by atoms with Gasteiger partial charge in [-0.1, -0.05) is 0 Å². The Balaban J connectivity index is 2.58. The minimum atomic E-state index is -0.497. The summed E-state index contributed by atoms with van der Waals surface area (Å²) in [6.45, 7) is 0.762. The van der Waals surface area contributed by atoms with E-state index in [9.17, 15) is 4.39 Å². The third-order valence-corrected chi connectivity index (χ3v) is 1.84. The van der Waals surface area contributed by atoms with Crippen LogP contribution in [0, 0.1) is 0 Å². The van der Waals surface area contributed by atoms with Crippen molar-refractivity contribution in [2.45, 2.75) is 12.8 Å². The molecule has 0 aromatic rings. The first-order chi connectivity index (χ1) is 5.24. The predicted molar refractivity (Wildman–Crippen MR) is 41.8 cm³/mol. The highest BCUT2D eigenvalue weighted by atomic mass is 19.1. The SMILES string of the molecule is [B]N1CCC/C(=C(\F)CO)C1. The van der Waals surface area contributed by atoms with E-state index in [0.717, 1.165) is 19.4 Å². The molecule has 11 heavy (non-hydrogen) atoms. The fraction of sp³-hybridized carbons (Fsp3) is 0.714. The van der Waals surface area contributed by atoms with Crippen LogP contribution in [0.3, 0.4) is 0 Å². The molecule has 0 aliphatic carbocycles. The summed E-state index contributed by atoms with van der Waals surface area (Å²) in [5, 5.41) is 8.48. The van der Waals surface area contributed by atoms with Crippen molar-refractivity contribution in [3.05, 3.63) is 11.4 Å². The summed E-state index contributed by atoms with van der Waals surface area (Å²) >= 11 is 0. The molecule has 0 spiro atoms. The molecule has 0 amide bonds. The molecule has 4 heteroatoms. The Morgan fingerprint density at radius 1 is 1.73 bits per heavy atom. The number of rotatable bonds is 1. The van der Waals surface area contributed by atoms with E-state index in [2.05, 4.69) is 0 Å². The number of hydrogen-bond donors (Lipinski definition) is 1. The van der Waals surface area contributed by atoms with Gasteiger partial charge in [0.1, 0.15) is 5.83 Å². The summed E-state index contributed by atoms with van der Waals surface area (Å²) < 4.78 is 12.7. The van der Waals surface area contributed by atoms with E-state index < -0.39 is 12.4 Å². The summed E-state index contributed by atoms with van der Waals surface area (Å²) in [6.07, 6.45) is 1.60. The first-order valence-electron chi connectivity index (χ1n) is 3.71. The van der Waals surface area contributed by atoms with Gasteiger partial charge in [-0.25, -0.2) is 4.39 Å². The molecular weight excluding hydrogens is 144 g/mol. The molecule has 1 aliphatic rings. The topological polar surface area (TPSA) is 23.5 Å². The highest BCUT2D eigenvalue weighted by Crippen LogP contribution is 2.17. The van der Waals surface area contributed by atoms with Crippen LogP contribution in [0.4, 0.5) is 4.39 Å². The summed E-state index contributed by atoms with van der Waals surface area (Å²) in [4.78, 5) is 1.56. The van der Waals surface area contributed by atoms with Gasteiger partial charge in [0.15, 0.2) is 7.98 Å². The maximum absolute atomic E-state index is 12.7. The molecule has 1 N–H and O–H groups in total. The van der Waals surface area contributed by atoms with Gasteiger partial charge in [0.25, 0.3) is 0 Å². The zero-order chi connectivity index (χ0) is 8.27. The Bertz CT molecular complexity index is 172. The first kappa shape index (κ1) is 8.75. The van der Waals surface area contributed by atoms with Crippen molar-refractivity contribution in [2.24, 2.45) is 0 Å². The molecule has 0 aromatic carbocycles. The zero-order valence-corrected chi connectivity index (χ0v) is 6.39. The van der Waals surface area contributed by atoms with Crippen molar-refractivity contribution in [3.8, 4) is 0 Å². The summed E-state index contributed by atoms with van der Waals surface area (Å²) in [5.74, 6) is -0.417. The summed E-state index contributed by atoms with van der Waals surface area (Å²) in [5.41, 5.74) is 0.640. The van der Waals surface area contributed by atoms with Crippen molar-refractivity contribution in [3.63, 3.8) is 0 Å². The second kappa shape index (κ2) is 3.88. The monoisotopic (exact) mass is 155 g/mol. The van der Waals surface area contributed by atoms with E-state index >= 15 is 0 Å². The van der Waals surface area contributed by atoms with E-state index in [0.29, 0.717) is 12.1 Å². The van der Waals surface area contributed by atoms with Crippen LogP contribution in [0.1, 0.15) is 12.8 Å². The maximum atomic E-state index is 12.7. The molecule has 1 aliphatic heterocycles. The van der Waals surface area contributed by atoms with Gasteiger partial charge in [-0.15, -0.1) is 0 Å². The Morgan fingerprint density at radius 2 is 2.45 bits per heavy atom.